The number of carbonyl (C=O) groups is 3. The summed E-state index contributed by atoms with van der Waals surface area (Å²) in [6.07, 6.45) is -1.26. The van der Waals surface area contributed by atoms with Gasteiger partial charge in [-0.1, -0.05) is 32.6 Å². The molecule has 1 amide bonds. The fourth-order valence-corrected chi connectivity index (χ4v) is 6.65. The molecule has 1 aromatic rings. The van der Waals surface area contributed by atoms with Crippen LogP contribution in [0.25, 0.3) is 5.76 Å². The lowest BCUT2D eigenvalue weighted by atomic mass is 9.54. The SMILES string of the molecule is CN(C)CC#Cc1cc(C(C)(C)C)c(O)c2c1C[C@H]1C[C@H]3[C@H](N(C)C)C(O)C(C(N)=O)C(=O)[C@@]3(O)C(=O)C1=C2O. The second-order valence-electron chi connectivity index (χ2n) is 12.8. The number of benzene rings is 1. The fraction of sp³-hybridized carbons (Fsp3) is 0.567. The van der Waals surface area contributed by atoms with E-state index < -0.39 is 64.1 Å². The lowest BCUT2D eigenvalue weighted by Gasteiger charge is -2.53. The molecule has 0 spiro atoms. The minimum atomic E-state index is -2.68. The van der Waals surface area contributed by atoms with Gasteiger partial charge in [-0.2, -0.15) is 0 Å². The van der Waals surface area contributed by atoms with Gasteiger partial charge in [0.15, 0.2) is 11.4 Å². The predicted molar refractivity (Wildman–Crippen MR) is 148 cm³/mol. The molecule has 0 aliphatic heterocycles. The molecule has 6 N–H and O–H groups in total. The van der Waals surface area contributed by atoms with Gasteiger partial charge in [0, 0.05) is 28.7 Å². The highest BCUT2D eigenvalue weighted by Crippen LogP contribution is 2.53. The van der Waals surface area contributed by atoms with Crippen LogP contribution in [0.1, 0.15) is 49.4 Å². The predicted octanol–water partition coefficient (Wildman–Crippen LogP) is 0.340. The van der Waals surface area contributed by atoms with Gasteiger partial charge in [-0.3, -0.25) is 19.3 Å². The number of likely N-dealkylation sites (N-methyl/N-ethyl adjacent to an activating group) is 1. The highest BCUT2D eigenvalue weighted by molar-refractivity contribution is 6.25. The molecule has 10 nitrogen and oxygen atoms in total. The summed E-state index contributed by atoms with van der Waals surface area (Å²) in [6, 6.07) is 0.870. The van der Waals surface area contributed by atoms with Gasteiger partial charge >= 0.3 is 0 Å². The summed E-state index contributed by atoms with van der Waals surface area (Å²) in [6.45, 7) is 6.18. The first-order valence-electron chi connectivity index (χ1n) is 13.4. The Bertz CT molecular complexity index is 1380. The Morgan fingerprint density at radius 2 is 1.80 bits per heavy atom. The maximum atomic E-state index is 14.1. The smallest absolute Gasteiger partial charge is 0.230 e. The lowest BCUT2D eigenvalue weighted by molar-refractivity contribution is -0.184. The third-order valence-electron chi connectivity index (χ3n) is 8.52. The molecule has 2 unspecified atom stereocenters. The Balaban J connectivity index is 1.97. The molecule has 4 rings (SSSR count). The van der Waals surface area contributed by atoms with Crippen molar-refractivity contribution in [2.24, 2.45) is 23.5 Å². The molecular formula is C30H39N3O7. The molecule has 40 heavy (non-hydrogen) atoms. The zero-order chi connectivity index (χ0) is 30.1. The molecular weight excluding hydrogens is 514 g/mol. The zero-order valence-corrected chi connectivity index (χ0v) is 24.1. The van der Waals surface area contributed by atoms with Crippen LogP contribution in [0.2, 0.25) is 0 Å². The number of ketones is 2. The van der Waals surface area contributed by atoms with Gasteiger partial charge in [0.2, 0.25) is 11.7 Å². The Morgan fingerprint density at radius 3 is 2.33 bits per heavy atom. The average Bonchev–Trinajstić information content (AvgIpc) is 2.81. The number of rotatable bonds is 3. The number of phenolic OH excluding ortho intramolecular Hbond substituents is 1. The van der Waals surface area contributed by atoms with Crippen LogP contribution in [0, 0.1) is 29.6 Å². The van der Waals surface area contributed by atoms with E-state index in [0.717, 1.165) is 0 Å². The second kappa shape index (κ2) is 10.00. The fourth-order valence-electron chi connectivity index (χ4n) is 6.65. The topological polar surface area (TPSA) is 165 Å². The summed E-state index contributed by atoms with van der Waals surface area (Å²) < 4.78 is 0. The molecule has 3 aliphatic rings. The third kappa shape index (κ3) is 4.41. The van der Waals surface area contributed by atoms with Crippen LogP contribution in [0.4, 0.5) is 0 Å². The number of Topliss-reactive ketones (excluding diaryl/α,β-unsaturated/α-hetero) is 2. The van der Waals surface area contributed by atoms with E-state index in [2.05, 4.69) is 11.8 Å². The molecule has 10 heteroatoms. The van der Waals surface area contributed by atoms with E-state index >= 15 is 0 Å². The number of nitrogens with two attached hydrogens (primary N) is 1. The van der Waals surface area contributed by atoms with Crippen molar-refractivity contribution in [2.45, 2.75) is 56.8 Å². The maximum Gasteiger partial charge on any atom is 0.230 e. The summed E-state index contributed by atoms with van der Waals surface area (Å²) in [5, 5.41) is 45.8. The second-order valence-corrected chi connectivity index (χ2v) is 12.8. The van der Waals surface area contributed by atoms with E-state index in [1.54, 1.807) is 19.0 Å². The Morgan fingerprint density at radius 1 is 1.18 bits per heavy atom. The van der Waals surface area contributed by atoms with E-state index in [-0.39, 0.29) is 29.7 Å². The number of hydrogen-bond acceptors (Lipinski definition) is 9. The minimum absolute atomic E-state index is 0.0575. The van der Waals surface area contributed by atoms with Crippen LogP contribution in [0.3, 0.4) is 0 Å². The monoisotopic (exact) mass is 553 g/mol. The van der Waals surface area contributed by atoms with Gasteiger partial charge in [0.25, 0.3) is 0 Å². The van der Waals surface area contributed by atoms with E-state index in [1.165, 1.54) is 0 Å². The number of phenols is 1. The van der Waals surface area contributed by atoms with Crippen LogP contribution in [0.5, 0.6) is 5.75 Å². The zero-order valence-electron chi connectivity index (χ0n) is 24.1. The van der Waals surface area contributed by atoms with Crippen molar-refractivity contribution in [2.75, 3.05) is 34.7 Å². The van der Waals surface area contributed by atoms with Gasteiger partial charge in [0.1, 0.15) is 17.4 Å². The van der Waals surface area contributed by atoms with E-state index in [1.807, 2.05) is 45.8 Å². The van der Waals surface area contributed by atoms with Crippen molar-refractivity contribution >= 4 is 23.2 Å². The normalized spacial score (nSPS) is 30.0. The third-order valence-corrected chi connectivity index (χ3v) is 8.52. The molecule has 2 saturated carbocycles. The largest absolute Gasteiger partial charge is 0.507 e. The quantitative estimate of drug-likeness (QED) is 0.262. The number of hydrogen-bond donors (Lipinski definition) is 5. The van der Waals surface area contributed by atoms with Crippen molar-refractivity contribution in [1.29, 1.82) is 0 Å². The molecule has 0 radical (unpaired) electrons. The standard InChI is InChI=1S/C30H39N3O7/c1-29(2,3)18-12-14(9-8-10-32(4)5)16-11-15-13-17-22(33(6)7)25(36)21(28(31)39)27(38)30(17,40)26(37)19(15)24(35)20(16)23(18)34/h12,15,17,21-22,25,34-36,40H,10-11,13H2,1-7H3,(H2,31,39)/t15-,17-,21?,22-,25?,30-/m0/s1. The van der Waals surface area contributed by atoms with Gasteiger partial charge in [-0.25, -0.2) is 0 Å². The number of fused-ring (bicyclic) bond motifs is 3. The summed E-state index contributed by atoms with van der Waals surface area (Å²) in [5.74, 6) is -1.29. The molecule has 0 aromatic heterocycles. The summed E-state index contributed by atoms with van der Waals surface area (Å²) >= 11 is 0. The number of aliphatic hydroxyl groups excluding tert-OH is 2. The number of carbonyl (C=O) groups excluding carboxylic acids is 3. The number of nitrogens with zero attached hydrogens (tertiary/aromatic N) is 2. The molecule has 0 heterocycles. The van der Waals surface area contributed by atoms with Crippen LogP contribution in [-0.4, -0.2) is 100 Å². The van der Waals surface area contributed by atoms with E-state index in [0.29, 0.717) is 23.2 Å². The van der Waals surface area contributed by atoms with Crippen molar-refractivity contribution in [3.63, 3.8) is 0 Å². The number of aromatic hydroxyl groups is 1. The number of amides is 1. The molecule has 1 aromatic carbocycles. The first-order chi connectivity index (χ1) is 18.4. The van der Waals surface area contributed by atoms with Crippen molar-refractivity contribution in [3.8, 4) is 17.6 Å². The molecule has 0 bridgehead atoms. The first kappa shape index (κ1) is 29.7. The van der Waals surface area contributed by atoms with Crippen LogP contribution >= 0.6 is 0 Å². The van der Waals surface area contributed by atoms with Gasteiger partial charge in [0.05, 0.1) is 18.2 Å². The Kier molecular flexibility index (Phi) is 7.43. The van der Waals surface area contributed by atoms with Gasteiger partial charge in [-0.15, -0.1) is 0 Å². The van der Waals surface area contributed by atoms with Crippen molar-refractivity contribution < 1.29 is 34.8 Å². The summed E-state index contributed by atoms with van der Waals surface area (Å²) in [5.41, 5.74) is 3.79. The minimum Gasteiger partial charge on any atom is -0.507 e. The lowest BCUT2D eigenvalue weighted by Crippen LogP contribution is -2.73. The van der Waals surface area contributed by atoms with Gasteiger partial charge < -0.3 is 31.1 Å². The maximum absolute atomic E-state index is 14.1. The Hall–Kier alpha value is -3.23. The van der Waals surface area contributed by atoms with E-state index in [9.17, 15) is 34.8 Å². The van der Waals surface area contributed by atoms with Crippen molar-refractivity contribution in [1.82, 2.24) is 9.80 Å². The molecule has 216 valence electrons. The molecule has 2 fully saturated rings. The summed E-state index contributed by atoms with van der Waals surface area (Å²) in [4.78, 5) is 43.2. The van der Waals surface area contributed by atoms with Gasteiger partial charge in [-0.05, 0) is 64.0 Å². The average molecular weight is 554 g/mol. The summed E-state index contributed by atoms with van der Waals surface area (Å²) in [7, 11) is 7.02. The highest BCUT2D eigenvalue weighted by Gasteiger charge is 2.67. The first-order valence-corrected chi connectivity index (χ1v) is 13.4. The van der Waals surface area contributed by atoms with Crippen LogP contribution in [-0.2, 0) is 26.2 Å². The van der Waals surface area contributed by atoms with Crippen molar-refractivity contribution in [3.05, 3.63) is 33.9 Å². The van der Waals surface area contributed by atoms with E-state index in [4.69, 9.17) is 5.73 Å². The number of aliphatic hydroxyl groups is 3. The highest BCUT2D eigenvalue weighted by atomic mass is 16.3. The number of primary amides is 1. The van der Waals surface area contributed by atoms with Crippen LogP contribution in [0.15, 0.2) is 11.6 Å². The molecule has 0 saturated heterocycles. The molecule has 3 aliphatic carbocycles. The van der Waals surface area contributed by atoms with Crippen LogP contribution < -0.4 is 5.73 Å². The Labute approximate surface area is 234 Å². The molecule has 6 atom stereocenters.